The van der Waals surface area contributed by atoms with Crippen molar-refractivity contribution in [2.24, 2.45) is 0 Å². The highest BCUT2D eigenvalue weighted by atomic mass is 16.5. The van der Waals surface area contributed by atoms with E-state index in [1.54, 1.807) is 7.11 Å². The summed E-state index contributed by atoms with van der Waals surface area (Å²) < 4.78 is 4.88. The van der Waals surface area contributed by atoms with Gasteiger partial charge in [-0.15, -0.1) is 0 Å². The van der Waals surface area contributed by atoms with Crippen molar-refractivity contribution in [3.8, 4) is 0 Å². The Labute approximate surface area is 49.0 Å². The average Bonchev–Trinajstić information content (AvgIpc) is 1.90. The van der Waals surface area contributed by atoms with Crippen molar-refractivity contribution in [3.63, 3.8) is 0 Å². The summed E-state index contributed by atoms with van der Waals surface area (Å²) in [4.78, 5) is 0. The van der Waals surface area contributed by atoms with Crippen molar-refractivity contribution >= 4 is 0 Å². The van der Waals surface area contributed by atoms with Crippen molar-refractivity contribution in [3.05, 3.63) is 29.7 Å². The second-order valence-corrected chi connectivity index (χ2v) is 1.55. The van der Waals surface area contributed by atoms with Crippen LogP contribution in [-0.4, -0.2) is 7.11 Å². The molecule has 0 saturated heterocycles. The Morgan fingerprint density at radius 2 is 2.62 bits per heavy atom. The van der Waals surface area contributed by atoms with Gasteiger partial charge in [0.2, 0.25) is 0 Å². The van der Waals surface area contributed by atoms with Gasteiger partial charge in [0.15, 0.2) is 5.76 Å². The summed E-state index contributed by atoms with van der Waals surface area (Å²) in [6.45, 7) is 0. The summed E-state index contributed by atoms with van der Waals surface area (Å²) in [6.07, 6.45) is 6.88. The molecular weight excluding hydrogens is 100 g/mol. The minimum Gasteiger partial charge on any atom is -0.489 e. The van der Waals surface area contributed by atoms with Gasteiger partial charge < -0.3 is 4.74 Å². The van der Waals surface area contributed by atoms with Gasteiger partial charge in [-0.2, -0.15) is 0 Å². The molecule has 8 heavy (non-hydrogen) atoms. The van der Waals surface area contributed by atoms with E-state index in [0.717, 1.165) is 12.2 Å². The van der Waals surface area contributed by atoms with E-state index in [2.05, 4.69) is 5.73 Å². The molecule has 0 aliphatic heterocycles. The quantitative estimate of drug-likeness (QED) is 0.464. The molecule has 0 saturated carbocycles. The van der Waals surface area contributed by atoms with Gasteiger partial charge in [-0.05, 0) is 18.6 Å². The number of ether oxygens (including phenoxy) is 1. The van der Waals surface area contributed by atoms with Crippen LogP contribution in [0.15, 0.2) is 29.7 Å². The molecule has 1 aliphatic carbocycles. The van der Waals surface area contributed by atoms with Gasteiger partial charge in [-0.25, -0.2) is 0 Å². The first kappa shape index (κ1) is 5.20. The predicted molar refractivity (Wildman–Crippen MR) is 32.4 cm³/mol. The van der Waals surface area contributed by atoms with Crippen LogP contribution in [0.25, 0.3) is 0 Å². The molecule has 0 amide bonds. The van der Waals surface area contributed by atoms with E-state index < -0.39 is 0 Å². The van der Waals surface area contributed by atoms with E-state index in [4.69, 9.17) is 4.74 Å². The molecule has 0 heterocycles. The maximum absolute atomic E-state index is 4.88. The largest absolute Gasteiger partial charge is 0.489 e. The summed E-state index contributed by atoms with van der Waals surface area (Å²) in [6, 6.07) is 0. The van der Waals surface area contributed by atoms with E-state index >= 15 is 0 Å². The van der Waals surface area contributed by atoms with Crippen molar-refractivity contribution < 1.29 is 4.74 Å². The highest BCUT2D eigenvalue weighted by Gasteiger charge is 1.86. The molecule has 0 aromatic heterocycles. The lowest BCUT2D eigenvalue weighted by molar-refractivity contribution is 0.307. The minimum absolute atomic E-state index is 0.816. The fraction of sp³-hybridized carbons (Fsp3) is 0.286. The van der Waals surface area contributed by atoms with E-state index in [-0.39, 0.29) is 0 Å². The summed E-state index contributed by atoms with van der Waals surface area (Å²) in [7, 11) is 1.64. The summed E-state index contributed by atoms with van der Waals surface area (Å²) in [5, 5.41) is 0. The molecule has 1 nitrogen and oxygen atoms in total. The highest BCUT2D eigenvalue weighted by Crippen LogP contribution is 2.01. The monoisotopic (exact) mass is 108 g/mol. The molecule has 0 aromatic rings. The summed E-state index contributed by atoms with van der Waals surface area (Å²) >= 11 is 0. The molecule has 0 spiro atoms. The maximum Gasteiger partial charge on any atom is 0.161 e. The number of methoxy groups -OCH3 is 1. The third-order valence-electron chi connectivity index (χ3n) is 0.987. The Bertz CT molecular complexity index is 159. The van der Waals surface area contributed by atoms with Gasteiger partial charge in [-0.1, -0.05) is 11.8 Å². The van der Waals surface area contributed by atoms with E-state index in [0.29, 0.717) is 0 Å². The van der Waals surface area contributed by atoms with Crippen molar-refractivity contribution in [2.45, 2.75) is 6.42 Å². The first-order valence-corrected chi connectivity index (χ1v) is 2.59. The molecule has 0 atom stereocenters. The van der Waals surface area contributed by atoms with Crippen molar-refractivity contribution in [1.29, 1.82) is 0 Å². The average molecular weight is 108 g/mol. The SMILES string of the molecule is COC1=C=CCC=C1. The number of hydrogen-bond donors (Lipinski definition) is 0. The van der Waals surface area contributed by atoms with Crippen molar-refractivity contribution in [2.75, 3.05) is 7.11 Å². The van der Waals surface area contributed by atoms with Crippen LogP contribution in [0.1, 0.15) is 6.42 Å². The Kier molecular flexibility index (Phi) is 1.55. The predicted octanol–water partition coefficient (Wildman–Crippen LogP) is 1.63. The van der Waals surface area contributed by atoms with Crippen LogP contribution >= 0.6 is 0 Å². The van der Waals surface area contributed by atoms with Gasteiger partial charge in [0.1, 0.15) is 0 Å². The van der Waals surface area contributed by atoms with Gasteiger partial charge in [0.25, 0.3) is 0 Å². The van der Waals surface area contributed by atoms with Crippen LogP contribution in [0.3, 0.4) is 0 Å². The topological polar surface area (TPSA) is 9.23 Å². The van der Waals surface area contributed by atoms with E-state index in [1.807, 2.05) is 18.2 Å². The van der Waals surface area contributed by atoms with Crippen LogP contribution in [0, 0.1) is 0 Å². The molecule has 1 rings (SSSR count). The fourth-order valence-corrected chi connectivity index (χ4v) is 0.578. The molecule has 0 N–H and O–H groups in total. The second kappa shape index (κ2) is 2.39. The van der Waals surface area contributed by atoms with Gasteiger partial charge in [0.05, 0.1) is 7.11 Å². The molecular formula is C7H8O. The van der Waals surface area contributed by atoms with Crippen LogP contribution in [0.5, 0.6) is 0 Å². The third kappa shape index (κ3) is 1.02. The molecule has 0 aromatic carbocycles. The Hall–Kier alpha value is -0.940. The molecule has 0 fully saturated rings. The number of rotatable bonds is 1. The zero-order valence-electron chi connectivity index (χ0n) is 4.85. The Balaban J connectivity index is 2.75. The Morgan fingerprint density at radius 1 is 1.75 bits per heavy atom. The summed E-state index contributed by atoms with van der Waals surface area (Å²) in [5.74, 6) is 0.816. The number of allylic oxidation sites excluding steroid dienone is 2. The molecule has 0 unspecified atom stereocenters. The Morgan fingerprint density at radius 3 is 3.00 bits per heavy atom. The first-order valence-electron chi connectivity index (χ1n) is 2.59. The maximum atomic E-state index is 4.88. The lowest BCUT2D eigenvalue weighted by atomic mass is 10.3. The standard InChI is InChI=1S/C7H8O/c1-8-7-5-3-2-4-6-7/h3-5H,2H2,1H3. The molecule has 0 bridgehead atoms. The van der Waals surface area contributed by atoms with Gasteiger partial charge in [0, 0.05) is 0 Å². The van der Waals surface area contributed by atoms with Gasteiger partial charge >= 0.3 is 0 Å². The molecule has 1 aliphatic rings. The fourth-order valence-electron chi connectivity index (χ4n) is 0.578. The lowest BCUT2D eigenvalue weighted by Gasteiger charge is -1.96. The minimum atomic E-state index is 0.816. The highest BCUT2D eigenvalue weighted by molar-refractivity contribution is 5.16. The van der Waals surface area contributed by atoms with Gasteiger partial charge in [-0.3, -0.25) is 0 Å². The molecule has 1 heteroatoms. The molecule has 0 radical (unpaired) electrons. The van der Waals surface area contributed by atoms with Crippen LogP contribution in [0.2, 0.25) is 0 Å². The molecule has 42 valence electrons. The lowest BCUT2D eigenvalue weighted by Crippen LogP contribution is -1.80. The van der Waals surface area contributed by atoms with Crippen LogP contribution in [-0.2, 0) is 4.74 Å². The number of hydrogen-bond acceptors (Lipinski definition) is 1. The van der Waals surface area contributed by atoms with E-state index in [9.17, 15) is 0 Å². The third-order valence-corrected chi connectivity index (χ3v) is 0.987. The zero-order valence-corrected chi connectivity index (χ0v) is 4.85. The first-order chi connectivity index (χ1) is 3.93. The normalized spacial score (nSPS) is 15.9. The van der Waals surface area contributed by atoms with Crippen LogP contribution in [0.4, 0.5) is 0 Å². The second-order valence-electron chi connectivity index (χ2n) is 1.55. The van der Waals surface area contributed by atoms with Crippen molar-refractivity contribution in [1.82, 2.24) is 0 Å². The van der Waals surface area contributed by atoms with E-state index in [1.165, 1.54) is 0 Å². The summed E-state index contributed by atoms with van der Waals surface area (Å²) in [5.41, 5.74) is 2.95. The zero-order chi connectivity index (χ0) is 5.82. The smallest absolute Gasteiger partial charge is 0.161 e. The van der Waals surface area contributed by atoms with Crippen LogP contribution < -0.4 is 0 Å².